The topological polar surface area (TPSA) is 58.6 Å². The third-order valence-corrected chi connectivity index (χ3v) is 6.13. The van der Waals surface area contributed by atoms with Crippen LogP contribution in [0, 0.1) is 13.8 Å². The van der Waals surface area contributed by atoms with Gasteiger partial charge in [0.1, 0.15) is 5.75 Å². The number of aromatic nitrogens is 2. The monoisotopic (exact) mass is 444 g/mol. The Balaban J connectivity index is 1.19. The molecule has 0 aliphatic carbocycles. The predicted molar refractivity (Wildman–Crippen MR) is 130 cm³/mol. The predicted octanol–water partition coefficient (Wildman–Crippen LogP) is 4.43. The fourth-order valence-corrected chi connectivity index (χ4v) is 4.02. The molecule has 0 saturated carbocycles. The fraction of sp³-hybridized carbons (Fsp3) is 0.370. The molecule has 33 heavy (non-hydrogen) atoms. The van der Waals surface area contributed by atoms with E-state index in [1.54, 1.807) is 4.90 Å². The third kappa shape index (κ3) is 6.62. The average molecular weight is 445 g/mol. The highest BCUT2D eigenvalue weighted by Crippen LogP contribution is 2.17. The van der Waals surface area contributed by atoms with Gasteiger partial charge in [0, 0.05) is 56.4 Å². The van der Waals surface area contributed by atoms with E-state index in [2.05, 4.69) is 46.9 Å². The van der Waals surface area contributed by atoms with E-state index >= 15 is 0 Å². The van der Waals surface area contributed by atoms with E-state index in [-0.39, 0.29) is 6.09 Å². The minimum Gasteiger partial charge on any atom is -0.410 e. The summed E-state index contributed by atoms with van der Waals surface area (Å²) >= 11 is 0. The largest absolute Gasteiger partial charge is 0.415 e. The summed E-state index contributed by atoms with van der Waals surface area (Å²) in [6.07, 6.45) is 6.30. The summed E-state index contributed by atoms with van der Waals surface area (Å²) in [5, 5.41) is 0. The summed E-state index contributed by atoms with van der Waals surface area (Å²) in [6.45, 7) is 8.28. The summed E-state index contributed by atoms with van der Waals surface area (Å²) in [5.74, 6) is 0.578. The number of nitrogens with zero attached hydrogens (tertiary/aromatic N) is 4. The molecule has 6 nitrogen and oxygen atoms in total. The van der Waals surface area contributed by atoms with Crippen molar-refractivity contribution in [3.05, 3.63) is 89.0 Å². The molecule has 1 aromatic carbocycles. The van der Waals surface area contributed by atoms with Crippen LogP contribution in [0.3, 0.4) is 0 Å². The molecular weight excluding hydrogens is 412 g/mol. The summed E-state index contributed by atoms with van der Waals surface area (Å²) in [6, 6.07) is 16.0. The van der Waals surface area contributed by atoms with E-state index < -0.39 is 0 Å². The van der Waals surface area contributed by atoms with Crippen LogP contribution in [0.25, 0.3) is 0 Å². The van der Waals surface area contributed by atoms with E-state index in [1.807, 2.05) is 42.7 Å². The van der Waals surface area contributed by atoms with Gasteiger partial charge >= 0.3 is 6.09 Å². The smallest absolute Gasteiger partial charge is 0.410 e. The second-order valence-electron chi connectivity index (χ2n) is 8.71. The number of carbonyl (C=O) groups excluding carboxylic acids is 1. The number of amides is 1. The number of rotatable bonds is 7. The zero-order valence-electron chi connectivity index (χ0n) is 19.5. The van der Waals surface area contributed by atoms with E-state index in [4.69, 9.17) is 4.74 Å². The van der Waals surface area contributed by atoms with Crippen molar-refractivity contribution in [1.29, 1.82) is 0 Å². The van der Waals surface area contributed by atoms with Crippen LogP contribution in [-0.4, -0.2) is 58.6 Å². The van der Waals surface area contributed by atoms with Crippen molar-refractivity contribution < 1.29 is 9.53 Å². The minimum atomic E-state index is -0.271. The van der Waals surface area contributed by atoms with Crippen molar-refractivity contribution in [2.45, 2.75) is 33.1 Å². The Morgan fingerprint density at radius 2 is 1.76 bits per heavy atom. The van der Waals surface area contributed by atoms with Gasteiger partial charge in [-0.05, 0) is 74.2 Å². The molecule has 0 atom stereocenters. The van der Waals surface area contributed by atoms with Gasteiger partial charge in [0.15, 0.2) is 0 Å². The molecule has 0 bridgehead atoms. The first-order valence-electron chi connectivity index (χ1n) is 11.7. The highest BCUT2D eigenvalue weighted by Gasteiger charge is 2.22. The maximum Gasteiger partial charge on any atom is 0.415 e. The van der Waals surface area contributed by atoms with Crippen LogP contribution in [0.2, 0.25) is 0 Å². The first-order chi connectivity index (χ1) is 16.1. The van der Waals surface area contributed by atoms with Gasteiger partial charge in [0.05, 0.1) is 0 Å². The Labute approximate surface area is 196 Å². The molecule has 1 saturated heterocycles. The Hall–Kier alpha value is -3.25. The lowest BCUT2D eigenvalue weighted by Crippen LogP contribution is -2.49. The molecule has 4 rings (SSSR count). The van der Waals surface area contributed by atoms with E-state index in [0.717, 1.165) is 55.8 Å². The summed E-state index contributed by atoms with van der Waals surface area (Å²) in [7, 11) is 0. The number of hydrogen-bond acceptors (Lipinski definition) is 5. The Kier molecular flexibility index (Phi) is 7.68. The van der Waals surface area contributed by atoms with Crippen LogP contribution in [0.1, 0.15) is 34.5 Å². The Bertz CT molecular complexity index is 1040. The van der Waals surface area contributed by atoms with E-state index in [9.17, 15) is 4.79 Å². The number of ether oxygens (including phenoxy) is 1. The van der Waals surface area contributed by atoms with E-state index in [0.29, 0.717) is 18.8 Å². The number of carbonyl (C=O) groups is 1. The first-order valence-corrected chi connectivity index (χ1v) is 11.7. The first kappa shape index (κ1) is 22.9. The van der Waals surface area contributed by atoms with Crippen molar-refractivity contribution in [2.24, 2.45) is 0 Å². The van der Waals surface area contributed by atoms with Gasteiger partial charge in [-0.3, -0.25) is 14.9 Å². The van der Waals surface area contributed by atoms with Gasteiger partial charge in [-0.1, -0.05) is 24.3 Å². The minimum absolute atomic E-state index is 0.271. The normalized spacial score (nSPS) is 14.3. The highest BCUT2D eigenvalue weighted by atomic mass is 16.6. The van der Waals surface area contributed by atoms with Crippen LogP contribution < -0.4 is 4.74 Å². The van der Waals surface area contributed by atoms with Gasteiger partial charge < -0.3 is 9.64 Å². The van der Waals surface area contributed by atoms with Crippen molar-refractivity contribution in [2.75, 3.05) is 32.7 Å². The molecule has 3 aromatic rings. The van der Waals surface area contributed by atoms with Gasteiger partial charge in [0.25, 0.3) is 0 Å². The zero-order valence-corrected chi connectivity index (χ0v) is 19.5. The van der Waals surface area contributed by atoms with Crippen LogP contribution in [-0.2, 0) is 12.8 Å². The van der Waals surface area contributed by atoms with Crippen molar-refractivity contribution >= 4 is 6.09 Å². The Morgan fingerprint density at radius 1 is 0.970 bits per heavy atom. The van der Waals surface area contributed by atoms with Crippen molar-refractivity contribution in [3.8, 4) is 5.75 Å². The summed E-state index contributed by atoms with van der Waals surface area (Å²) in [5.41, 5.74) is 5.72. The molecule has 6 heteroatoms. The average Bonchev–Trinajstić information content (AvgIpc) is 2.83. The van der Waals surface area contributed by atoms with Gasteiger partial charge in [0.2, 0.25) is 0 Å². The molecule has 0 unspecified atom stereocenters. The van der Waals surface area contributed by atoms with Crippen LogP contribution in [0.5, 0.6) is 5.75 Å². The summed E-state index contributed by atoms with van der Waals surface area (Å²) in [4.78, 5) is 25.7. The van der Waals surface area contributed by atoms with Crippen LogP contribution >= 0.6 is 0 Å². The maximum atomic E-state index is 12.6. The molecule has 1 aliphatic heterocycles. The molecular formula is C27H32N4O2. The Morgan fingerprint density at radius 3 is 2.45 bits per heavy atom. The quantitative estimate of drug-likeness (QED) is 0.539. The van der Waals surface area contributed by atoms with Crippen molar-refractivity contribution in [3.63, 3.8) is 0 Å². The summed E-state index contributed by atoms with van der Waals surface area (Å²) < 4.78 is 5.61. The van der Waals surface area contributed by atoms with Gasteiger partial charge in [-0.15, -0.1) is 0 Å². The highest BCUT2D eigenvalue weighted by molar-refractivity contribution is 5.70. The standard InChI is InChI=1S/C27H32N4O2/c1-21-7-10-24(29-20-21)6-4-14-30-15-17-31(18-16-30)27(32)33-25-11-8-23(9-12-25)19-26-22(2)5-3-13-28-26/h3,5,7-13,20H,4,6,14-19H2,1-2H3. The number of benzene rings is 1. The second kappa shape index (κ2) is 11.1. The van der Waals surface area contributed by atoms with E-state index in [1.165, 1.54) is 11.1 Å². The molecule has 1 amide bonds. The van der Waals surface area contributed by atoms with Gasteiger partial charge in [-0.2, -0.15) is 0 Å². The fourth-order valence-electron chi connectivity index (χ4n) is 4.02. The van der Waals surface area contributed by atoms with Crippen LogP contribution in [0.15, 0.2) is 60.9 Å². The molecule has 3 heterocycles. The molecule has 172 valence electrons. The molecule has 0 spiro atoms. The number of pyridine rings is 2. The zero-order chi connectivity index (χ0) is 23.0. The lowest BCUT2D eigenvalue weighted by atomic mass is 10.1. The number of piperazine rings is 1. The molecule has 1 aliphatic rings. The molecule has 2 aromatic heterocycles. The van der Waals surface area contributed by atoms with Crippen molar-refractivity contribution in [1.82, 2.24) is 19.8 Å². The molecule has 1 fully saturated rings. The maximum absolute atomic E-state index is 12.6. The third-order valence-electron chi connectivity index (χ3n) is 6.13. The van der Waals surface area contributed by atoms with Gasteiger partial charge in [-0.25, -0.2) is 4.79 Å². The number of hydrogen-bond donors (Lipinski definition) is 0. The molecule has 0 N–H and O–H groups in total. The lowest BCUT2D eigenvalue weighted by molar-refractivity contribution is 0.110. The molecule has 0 radical (unpaired) electrons. The number of aryl methyl sites for hydroxylation is 3. The SMILES string of the molecule is Cc1ccc(CCCN2CCN(C(=O)Oc3ccc(Cc4ncccc4C)cc3)CC2)nc1. The second-order valence-corrected chi connectivity index (χ2v) is 8.71. The van der Waals surface area contributed by atoms with Crippen LogP contribution in [0.4, 0.5) is 4.79 Å². The lowest BCUT2D eigenvalue weighted by Gasteiger charge is -2.34.